The molecule has 0 saturated heterocycles. The van der Waals surface area contributed by atoms with Crippen LogP contribution in [0.1, 0.15) is 58.9 Å². The molecule has 31 heavy (non-hydrogen) atoms. The highest BCUT2D eigenvalue weighted by atomic mass is 16.6. The molecule has 0 aromatic heterocycles. The van der Waals surface area contributed by atoms with E-state index in [-0.39, 0.29) is 30.3 Å². The summed E-state index contributed by atoms with van der Waals surface area (Å²) in [5.74, 6) is -2.14. The Hall–Kier alpha value is -2.94. The number of esters is 4. The van der Waals surface area contributed by atoms with Gasteiger partial charge >= 0.3 is 23.9 Å². The molecule has 0 spiro atoms. The van der Waals surface area contributed by atoms with Crippen LogP contribution in [0.2, 0.25) is 0 Å². The Labute approximate surface area is 182 Å². The fourth-order valence-corrected chi connectivity index (χ4v) is 3.09. The van der Waals surface area contributed by atoms with Gasteiger partial charge in [0.25, 0.3) is 0 Å². The smallest absolute Gasteiger partial charge is 0.326 e. The molecule has 0 saturated carbocycles. The summed E-state index contributed by atoms with van der Waals surface area (Å²) in [4.78, 5) is 47.1. The summed E-state index contributed by atoms with van der Waals surface area (Å²) in [6, 6.07) is 4.50. The highest BCUT2D eigenvalue weighted by molar-refractivity contribution is 5.81. The summed E-state index contributed by atoms with van der Waals surface area (Å²) in [7, 11) is 1.22. The van der Waals surface area contributed by atoms with E-state index in [1.165, 1.54) is 33.1 Å². The van der Waals surface area contributed by atoms with Crippen LogP contribution >= 0.6 is 0 Å². The van der Waals surface area contributed by atoms with Crippen LogP contribution in [-0.2, 0) is 35.1 Å². The summed E-state index contributed by atoms with van der Waals surface area (Å²) >= 11 is 0. The second-order valence-electron chi connectivity index (χ2n) is 7.40. The van der Waals surface area contributed by atoms with Crippen molar-refractivity contribution in [2.24, 2.45) is 5.73 Å². The Bertz CT molecular complexity index is 807. The molecule has 2 atom stereocenters. The minimum atomic E-state index is -1.50. The second-order valence-corrected chi connectivity index (χ2v) is 7.40. The molecule has 0 bridgehead atoms. The largest absolute Gasteiger partial charge is 0.468 e. The van der Waals surface area contributed by atoms with E-state index in [1.807, 2.05) is 6.92 Å². The molecule has 9 heteroatoms. The summed E-state index contributed by atoms with van der Waals surface area (Å²) in [6.45, 7) is 6.05. The predicted molar refractivity (Wildman–Crippen MR) is 111 cm³/mol. The van der Waals surface area contributed by atoms with Gasteiger partial charge in [-0.25, -0.2) is 0 Å². The Morgan fingerprint density at radius 3 is 2.23 bits per heavy atom. The van der Waals surface area contributed by atoms with Crippen molar-refractivity contribution in [1.82, 2.24) is 0 Å². The lowest BCUT2D eigenvalue weighted by Crippen LogP contribution is -2.53. The van der Waals surface area contributed by atoms with Crippen molar-refractivity contribution in [2.75, 3.05) is 7.11 Å². The number of ether oxygens (including phenoxy) is 4. The van der Waals surface area contributed by atoms with Crippen LogP contribution in [0.4, 0.5) is 0 Å². The van der Waals surface area contributed by atoms with Crippen molar-refractivity contribution in [3.05, 3.63) is 23.8 Å². The van der Waals surface area contributed by atoms with Crippen LogP contribution in [0.15, 0.2) is 18.2 Å². The fourth-order valence-electron chi connectivity index (χ4n) is 3.09. The van der Waals surface area contributed by atoms with Gasteiger partial charge in [0.15, 0.2) is 11.5 Å². The van der Waals surface area contributed by atoms with Crippen LogP contribution in [0.3, 0.4) is 0 Å². The number of rotatable bonds is 11. The van der Waals surface area contributed by atoms with E-state index in [1.54, 1.807) is 13.0 Å². The van der Waals surface area contributed by atoms with Crippen molar-refractivity contribution in [2.45, 2.75) is 71.4 Å². The molecule has 1 aromatic carbocycles. The zero-order valence-corrected chi connectivity index (χ0v) is 18.7. The first-order valence-corrected chi connectivity index (χ1v) is 10.1. The van der Waals surface area contributed by atoms with Crippen LogP contribution in [0.5, 0.6) is 11.5 Å². The summed E-state index contributed by atoms with van der Waals surface area (Å²) in [5.41, 5.74) is 5.40. The lowest BCUT2D eigenvalue weighted by atomic mass is 9.86. The summed E-state index contributed by atoms with van der Waals surface area (Å²) in [5, 5.41) is 0. The highest BCUT2D eigenvalue weighted by Crippen LogP contribution is 2.31. The predicted octanol–water partition coefficient (Wildman–Crippen LogP) is 2.46. The van der Waals surface area contributed by atoms with Crippen molar-refractivity contribution in [3.63, 3.8) is 0 Å². The average Bonchev–Trinajstić information content (AvgIpc) is 2.66. The SMILES string of the molecule is CCCCC(=O)OC(C)C[C@@](N)(Cc1ccc(OC(C)=O)c(OC(C)=O)c1)C(=O)OC. The number of nitrogens with two attached hydrogens (primary N) is 1. The van der Waals surface area contributed by atoms with Gasteiger partial charge < -0.3 is 24.7 Å². The number of carbonyl (C=O) groups excluding carboxylic acids is 4. The molecule has 0 fully saturated rings. The first-order chi connectivity index (χ1) is 14.5. The standard InChI is InChI=1S/C22H31NO8/c1-6-7-8-20(26)29-14(2)12-22(23,21(27)28-5)13-17-9-10-18(30-15(3)24)19(11-17)31-16(4)25/h9-11,14H,6-8,12-13,23H2,1-5H3/t14?,22-/m1/s1. The molecule has 0 radical (unpaired) electrons. The molecule has 1 unspecified atom stereocenters. The van der Waals surface area contributed by atoms with E-state index in [4.69, 9.17) is 24.7 Å². The average molecular weight is 437 g/mol. The van der Waals surface area contributed by atoms with Crippen LogP contribution in [-0.4, -0.2) is 42.6 Å². The van der Waals surface area contributed by atoms with Gasteiger partial charge in [0.05, 0.1) is 7.11 Å². The van der Waals surface area contributed by atoms with E-state index in [2.05, 4.69) is 0 Å². The third kappa shape index (κ3) is 8.75. The Kier molecular flexibility index (Phi) is 10.1. The normalized spacial score (nSPS) is 13.5. The molecule has 0 amide bonds. The van der Waals surface area contributed by atoms with Gasteiger partial charge in [0, 0.05) is 33.1 Å². The van der Waals surface area contributed by atoms with Gasteiger partial charge in [-0.2, -0.15) is 0 Å². The Balaban J connectivity index is 3.09. The fraction of sp³-hybridized carbons (Fsp3) is 0.545. The lowest BCUT2D eigenvalue weighted by Gasteiger charge is -2.29. The van der Waals surface area contributed by atoms with E-state index in [0.29, 0.717) is 18.4 Å². The van der Waals surface area contributed by atoms with Crippen LogP contribution in [0.25, 0.3) is 0 Å². The monoisotopic (exact) mass is 437 g/mol. The summed E-state index contributed by atoms with van der Waals surface area (Å²) in [6.07, 6.45) is 1.27. The zero-order valence-electron chi connectivity index (χ0n) is 18.7. The van der Waals surface area contributed by atoms with Gasteiger partial charge in [-0.3, -0.25) is 19.2 Å². The number of hydrogen-bond acceptors (Lipinski definition) is 9. The number of carbonyl (C=O) groups is 4. The molecule has 9 nitrogen and oxygen atoms in total. The topological polar surface area (TPSA) is 131 Å². The van der Waals surface area contributed by atoms with E-state index in [0.717, 1.165) is 6.42 Å². The summed E-state index contributed by atoms with van der Waals surface area (Å²) < 4.78 is 20.4. The van der Waals surface area contributed by atoms with Gasteiger partial charge in [0.1, 0.15) is 11.6 Å². The van der Waals surface area contributed by atoms with E-state index in [9.17, 15) is 19.2 Å². The van der Waals surface area contributed by atoms with Crippen molar-refractivity contribution in [1.29, 1.82) is 0 Å². The quantitative estimate of drug-likeness (QED) is 0.409. The third-order valence-corrected chi connectivity index (χ3v) is 4.35. The molecule has 1 rings (SSSR count). The number of hydrogen-bond donors (Lipinski definition) is 1. The maximum atomic E-state index is 12.5. The van der Waals surface area contributed by atoms with Gasteiger partial charge in [-0.1, -0.05) is 19.4 Å². The van der Waals surface area contributed by atoms with Gasteiger partial charge in [-0.15, -0.1) is 0 Å². The van der Waals surface area contributed by atoms with Crippen molar-refractivity contribution in [3.8, 4) is 11.5 Å². The molecule has 0 aliphatic heterocycles. The zero-order chi connectivity index (χ0) is 23.6. The molecular weight excluding hydrogens is 406 g/mol. The second kappa shape index (κ2) is 12.0. The third-order valence-electron chi connectivity index (χ3n) is 4.35. The molecule has 172 valence electrons. The highest BCUT2D eigenvalue weighted by Gasteiger charge is 2.38. The van der Waals surface area contributed by atoms with Crippen LogP contribution < -0.4 is 15.2 Å². The van der Waals surface area contributed by atoms with Gasteiger partial charge in [0.2, 0.25) is 0 Å². The maximum absolute atomic E-state index is 12.5. The molecule has 0 aliphatic rings. The Morgan fingerprint density at radius 2 is 1.68 bits per heavy atom. The lowest BCUT2D eigenvalue weighted by molar-refractivity contribution is -0.155. The molecular formula is C22H31NO8. The first kappa shape index (κ1) is 26.1. The minimum absolute atomic E-state index is 0.00510. The number of benzene rings is 1. The molecule has 0 aliphatic carbocycles. The maximum Gasteiger partial charge on any atom is 0.326 e. The molecule has 1 aromatic rings. The van der Waals surface area contributed by atoms with Crippen LogP contribution in [0, 0.1) is 0 Å². The van der Waals surface area contributed by atoms with Crippen molar-refractivity contribution >= 4 is 23.9 Å². The minimum Gasteiger partial charge on any atom is -0.468 e. The Morgan fingerprint density at radius 1 is 1.06 bits per heavy atom. The molecule has 0 heterocycles. The molecule has 2 N–H and O–H groups in total. The number of unbranched alkanes of at least 4 members (excludes halogenated alkanes) is 1. The van der Waals surface area contributed by atoms with E-state index < -0.39 is 29.6 Å². The van der Waals surface area contributed by atoms with Crippen molar-refractivity contribution < 1.29 is 38.1 Å². The first-order valence-electron chi connectivity index (χ1n) is 10.1. The van der Waals surface area contributed by atoms with E-state index >= 15 is 0 Å². The van der Waals surface area contributed by atoms with Gasteiger partial charge in [-0.05, 0) is 31.0 Å². The number of methoxy groups -OCH3 is 1.